The van der Waals surface area contributed by atoms with Gasteiger partial charge in [0, 0.05) is 11.6 Å². The van der Waals surface area contributed by atoms with Crippen LogP contribution in [-0.2, 0) is 4.79 Å². The van der Waals surface area contributed by atoms with Crippen molar-refractivity contribution in [1.82, 2.24) is 14.6 Å². The molecule has 0 aliphatic heterocycles. The lowest BCUT2D eigenvalue weighted by Crippen LogP contribution is -2.30. The number of hydrogen-bond donors (Lipinski definition) is 1. The van der Waals surface area contributed by atoms with Gasteiger partial charge in [0.25, 0.3) is 5.91 Å². The van der Waals surface area contributed by atoms with Crippen molar-refractivity contribution in [3.63, 3.8) is 0 Å². The summed E-state index contributed by atoms with van der Waals surface area (Å²) in [7, 11) is 3.05. The van der Waals surface area contributed by atoms with Gasteiger partial charge in [-0.1, -0.05) is 12.1 Å². The van der Waals surface area contributed by atoms with E-state index in [-0.39, 0.29) is 5.75 Å². The second-order valence-corrected chi connectivity index (χ2v) is 6.90. The van der Waals surface area contributed by atoms with E-state index in [0.29, 0.717) is 28.7 Å². The summed E-state index contributed by atoms with van der Waals surface area (Å²) in [6.45, 7) is 1.54. The highest BCUT2D eigenvalue weighted by molar-refractivity contribution is 5.96. The molecule has 2 aromatic heterocycles. The first kappa shape index (κ1) is 21.1. The standard InChI is InChI=1S/C23H21FN4O4/c1-14(32-19-7-5-4-6-16(19)24)23(29)26-17-12-15(8-9-20(17)30-2)18-13-28-21(25-18)10-11-22(27-28)31-3/h4-14H,1-3H3,(H,26,29). The van der Waals surface area contributed by atoms with E-state index in [1.54, 1.807) is 61.1 Å². The van der Waals surface area contributed by atoms with E-state index in [1.807, 2.05) is 6.07 Å². The fraction of sp³-hybridized carbons (Fsp3) is 0.174. The molecule has 0 radical (unpaired) electrons. The highest BCUT2D eigenvalue weighted by Gasteiger charge is 2.19. The Bertz CT molecular complexity index is 1270. The van der Waals surface area contributed by atoms with E-state index >= 15 is 0 Å². The van der Waals surface area contributed by atoms with Gasteiger partial charge in [0.1, 0.15) is 5.75 Å². The average molecular weight is 436 g/mol. The van der Waals surface area contributed by atoms with Crippen molar-refractivity contribution < 1.29 is 23.4 Å². The van der Waals surface area contributed by atoms with Gasteiger partial charge >= 0.3 is 0 Å². The molecule has 1 atom stereocenters. The number of hydrogen-bond acceptors (Lipinski definition) is 6. The van der Waals surface area contributed by atoms with Gasteiger partial charge in [0.05, 0.1) is 31.8 Å². The van der Waals surface area contributed by atoms with Crippen molar-refractivity contribution >= 4 is 17.2 Å². The lowest BCUT2D eigenvalue weighted by atomic mass is 10.1. The van der Waals surface area contributed by atoms with Gasteiger partial charge in [-0.05, 0) is 43.3 Å². The average Bonchev–Trinajstić information content (AvgIpc) is 3.23. The van der Waals surface area contributed by atoms with Crippen LogP contribution in [0.1, 0.15) is 6.92 Å². The molecule has 1 amide bonds. The molecular weight excluding hydrogens is 415 g/mol. The SMILES string of the molecule is COc1ccc2nc(-c3ccc(OC)c(NC(=O)C(C)Oc4ccccc4F)c3)cn2n1. The molecule has 0 aliphatic rings. The number of amides is 1. The number of carbonyl (C=O) groups is 1. The zero-order valence-electron chi connectivity index (χ0n) is 17.7. The summed E-state index contributed by atoms with van der Waals surface area (Å²) in [5.74, 6) is -0.0610. The number of fused-ring (bicyclic) bond motifs is 1. The van der Waals surface area contributed by atoms with Gasteiger partial charge in [-0.25, -0.2) is 13.9 Å². The zero-order valence-corrected chi connectivity index (χ0v) is 17.7. The summed E-state index contributed by atoms with van der Waals surface area (Å²) in [6.07, 6.45) is 0.821. The highest BCUT2D eigenvalue weighted by Crippen LogP contribution is 2.31. The molecule has 0 spiro atoms. The van der Waals surface area contributed by atoms with Crippen LogP contribution in [-0.4, -0.2) is 40.8 Å². The van der Waals surface area contributed by atoms with E-state index in [1.165, 1.54) is 19.2 Å². The van der Waals surface area contributed by atoms with E-state index in [4.69, 9.17) is 14.2 Å². The van der Waals surface area contributed by atoms with E-state index < -0.39 is 17.8 Å². The van der Waals surface area contributed by atoms with Crippen molar-refractivity contribution in [1.29, 1.82) is 0 Å². The fourth-order valence-electron chi connectivity index (χ4n) is 3.10. The third-order valence-corrected chi connectivity index (χ3v) is 4.77. The van der Waals surface area contributed by atoms with Crippen LogP contribution in [0.15, 0.2) is 60.8 Å². The summed E-state index contributed by atoms with van der Waals surface area (Å²) >= 11 is 0. The Hall–Kier alpha value is -4.14. The number of nitrogens with zero attached hydrogens (tertiary/aromatic N) is 3. The summed E-state index contributed by atoms with van der Waals surface area (Å²) in [5.41, 5.74) is 2.48. The number of para-hydroxylation sites is 1. The molecule has 4 rings (SSSR count). The minimum Gasteiger partial charge on any atom is -0.495 e. The largest absolute Gasteiger partial charge is 0.495 e. The Morgan fingerprint density at radius 3 is 2.62 bits per heavy atom. The van der Waals surface area contributed by atoms with Gasteiger partial charge in [0.15, 0.2) is 23.3 Å². The molecule has 0 saturated carbocycles. The minimum absolute atomic E-state index is 0.00324. The monoisotopic (exact) mass is 436 g/mol. The second kappa shape index (κ2) is 8.93. The maximum Gasteiger partial charge on any atom is 0.265 e. The summed E-state index contributed by atoms with van der Waals surface area (Å²) in [5, 5.41) is 7.09. The molecular formula is C23H21FN4O4. The van der Waals surface area contributed by atoms with E-state index in [2.05, 4.69) is 15.4 Å². The lowest BCUT2D eigenvalue weighted by molar-refractivity contribution is -0.122. The maximum atomic E-state index is 13.8. The van der Waals surface area contributed by atoms with Crippen LogP contribution in [0.5, 0.6) is 17.4 Å². The number of nitrogens with one attached hydrogen (secondary N) is 1. The van der Waals surface area contributed by atoms with Crippen LogP contribution in [0.3, 0.4) is 0 Å². The molecule has 2 aromatic carbocycles. The summed E-state index contributed by atoms with van der Waals surface area (Å²) in [6, 6.07) is 14.7. The molecule has 4 aromatic rings. The predicted molar refractivity (Wildman–Crippen MR) is 117 cm³/mol. The molecule has 1 N–H and O–H groups in total. The van der Waals surface area contributed by atoms with Crippen molar-refractivity contribution in [2.75, 3.05) is 19.5 Å². The molecule has 32 heavy (non-hydrogen) atoms. The van der Waals surface area contributed by atoms with Crippen molar-refractivity contribution in [3.8, 4) is 28.6 Å². The molecule has 8 nitrogen and oxygen atoms in total. The Morgan fingerprint density at radius 1 is 1.06 bits per heavy atom. The highest BCUT2D eigenvalue weighted by atomic mass is 19.1. The molecule has 9 heteroatoms. The molecule has 0 aliphatic carbocycles. The number of rotatable bonds is 7. The van der Waals surface area contributed by atoms with Gasteiger partial charge in [-0.3, -0.25) is 4.79 Å². The molecule has 0 fully saturated rings. The Balaban J connectivity index is 1.58. The maximum absolute atomic E-state index is 13.8. The Labute approximate surface area is 183 Å². The topological polar surface area (TPSA) is 87.0 Å². The minimum atomic E-state index is -0.938. The number of imidazole rings is 1. The van der Waals surface area contributed by atoms with Crippen LogP contribution < -0.4 is 19.5 Å². The van der Waals surface area contributed by atoms with Gasteiger partial charge in [-0.15, -0.1) is 5.10 Å². The van der Waals surface area contributed by atoms with Crippen LogP contribution in [0.2, 0.25) is 0 Å². The summed E-state index contributed by atoms with van der Waals surface area (Å²) < 4.78 is 31.4. The van der Waals surface area contributed by atoms with Crippen molar-refractivity contribution in [2.45, 2.75) is 13.0 Å². The Morgan fingerprint density at radius 2 is 1.88 bits per heavy atom. The first-order chi connectivity index (χ1) is 15.5. The van der Waals surface area contributed by atoms with Gasteiger partial charge < -0.3 is 19.5 Å². The number of ether oxygens (including phenoxy) is 3. The number of halogens is 1. The number of carbonyl (C=O) groups excluding carboxylic acids is 1. The number of anilines is 1. The van der Waals surface area contributed by atoms with Gasteiger partial charge in [-0.2, -0.15) is 0 Å². The second-order valence-electron chi connectivity index (χ2n) is 6.90. The lowest BCUT2D eigenvalue weighted by Gasteiger charge is -2.17. The number of methoxy groups -OCH3 is 2. The molecule has 164 valence electrons. The van der Waals surface area contributed by atoms with E-state index in [9.17, 15) is 9.18 Å². The van der Waals surface area contributed by atoms with Crippen LogP contribution in [0, 0.1) is 5.82 Å². The number of benzene rings is 2. The van der Waals surface area contributed by atoms with Gasteiger partial charge in [0.2, 0.25) is 5.88 Å². The molecule has 2 heterocycles. The third kappa shape index (κ3) is 4.31. The van der Waals surface area contributed by atoms with Crippen LogP contribution in [0.4, 0.5) is 10.1 Å². The normalized spacial score (nSPS) is 11.8. The predicted octanol–water partition coefficient (Wildman–Crippen LogP) is 3.96. The quantitative estimate of drug-likeness (QED) is 0.472. The Kier molecular flexibility index (Phi) is 5.89. The van der Waals surface area contributed by atoms with Crippen LogP contribution >= 0.6 is 0 Å². The molecule has 0 bridgehead atoms. The van der Waals surface area contributed by atoms with Crippen LogP contribution in [0.25, 0.3) is 16.9 Å². The van der Waals surface area contributed by atoms with Crippen molar-refractivity contribution in [2.24, 2.45) is 0 Å². The smallest absolute Gasteiger partial charge is 0.265 e. The fourth-order valence-corrected chi connectivity index (χ4v) is 3.10. The number of aromatic nitrogens is 3. The summed E-state index contributed by atoms with van der Waals surface area (Å²) in [4.78, 5) is 17.3. The first-order valence-electron chi connectivity index (χ1n) is 9.79. The third-order valence-electron chi connectivity index (χ3n) is 4.77. The molecule has 0 saturated heterocycles. The zero-order chi connectivity index (χ0) is 22.7. The molecule has 1 unspecified atom stereocenters. The first-order valence-corrected chi connectivity index (χ1v) is 9.79. The van der Waals surface area contributed by atoms with E-state index in [0.717, 1.165) is 5.56 Å². The van der Waals surface area contributed by atoms with Crippen molar-refractivity contribution in [3.05, 3.63) is 66.6 Å².